The van der Waals surface area contributed by atoms with E-state index < -0.39 is 0 Å². The Morgan fingerprint density at radius 2 is 1.87 bits per heavy atom. The molecule has 3 aliphatic heterocycles. The molecule has 2 amide bonds. The second-order valence-corrected chi connectivity index (χ2v) is 10.8. The van der Waals surface area contributed by atoms with Crippen molar-refractivity contribution in [2.75, 3.05) is 39.3 Å². The van der Waals surface area contributed by atoms with E-state index in [2.05, 4.69) is 17.5 Å². The minimum atomic E-state index is -0.269. The maximum Gasteiger partial charge on any atom is 0.410 e. The maximum absolute atomic E-state index is 13.1. The Morgan fingerprint density at radius 1 is 1.05 bits per heavy atom. The van der Waals surface area contributed by atoms with Gasteiger partial charge in [0.15, 0.2) is 11.5 Å². The number of likely N-dealkylation sites (tertiary alicyclic amines) is 1. The summed E-state index contributed by atoms with van der Waals surface area (Å²) in [6, 6.07) is 11.9. The number of pyridine rings is 1. The van der Waals surface area contributed by atoms with E-state index in [9.17, 15) is 9.59 Å². The van der Waals surface area contributed by atoms with E-state index in [0.717, 1.165) is 72.6 Å². The van der Waals surface area contributed by atoms with Crippen LogP contribution in [0.4, 0.5) is 4.79 Å². The smallest absolute Gasteiger partial charge is 0.410 e. The molecule has 9 heteroatoms. The van der Waals surface area contributed by atoms with Gasteiger partial charge in [-0.3, -0.25) is 4.79 Å². The van der Waals surface area contributed by atoms with Gasteiger partial charge in [-0.05, 0) is 81.0 Å². The van der Waals surface area contributed by atoms with Crippen LogP contribution < -0.4 is 5.32 Å². The number of hydrogen-bond acceptors (Lipinski definition) is 6. The van der Waals surface area contributed by atoms with E-state index in [1.807, 2.05) is 52.9 Å². The fourth-order valence-corrected chi connectivity index (χ4v) is 6.13. The second-order valence-electron chi connectivity index (χ2n) is 10.8. The number of piperidine rings is 1. The minimum absolute atomic E-state index is 0.118. The average molecular weight is 529 g/mol. The molecule has 2 fully saturated rings. The summed E-state index contributed by atoms with van der Waals surface area (Å²) < 4.78 is 6.95. The lowest BCUT2D eigenvalue weighted by Crippen LogP contribution is -2.51. The van der Waals surface area contributed by atoms with Crippen molar-refractivity contribution in [1.82, 2.24) is 29.7 Å². The van der Waals surface area contributed by atoms with Crippen molar-refractivity contribution < 1.29 is 14.3 Å². The van der Waals surface area contributed by atoms with E-state index in [4.69, 9.17) is 14.8 Å². The van der Waals surface area contributed by atoms with Gasteiger partial charge in [-0.2, -0.15) is 5.10 Å². The molecule has 1 N–H and O–H groups in total. The number of ether oxygens (including phenoxy) is 1. The quantitative estimate of drug-likeness (QED) is 0.540. The molecule has 204 valence electrons. The van der Waals surface area contributed by atoms with Crippen LogP contribution in [0.2, 0.25) is 0 Å². The Balaban J connectivity index is 1.11. The summed E-state index contributed by atoms with van der Waals surface area (Å²) in [5.41, 5.74) is 5.08. The molecule has 3 aliphatic rings. The van der Waals surface area contributed by atoms with Crippen LogP contribution in [0.1, 0.15) is 66.3 Å². The third-order valence-corrected chi connectivity index (χ3v) is 8.39. The third-order valence-electron chi connectivity index (χ3n) is 8.39. The molecule has 1 spiro atoms. The van der Waals surface area contributed by atoms with Gasteiger partial charge in [-0.1, -0.05) is 18.2 Å². The van der Waals surface area contributed by atoms with Crippen LogP contribution in [0, 0.1) is 0 Å². The number of hydrogen-bond donors (Lipinski definition) is 1. The Kier molecular flexibility index (Phi) is 7.08. The third kappa shape index (κ3) is 5.28. The van der Waals surface area contributed by atoms with Crippen molar-refractivity contribution in [3.05, 3.63) is 71.2 Å². The van der Waals surface area contributed by atoms with Gasteiger partial charge in [0.1, 0.15) is 0 Å². The fraction of sp³-hybridized carbons (Fsp3) is 0.467. The van der Waals surface area contributed by atoms with Crippen molar-refractivity contribution in [2.45, 2.75) is 51.0 Å². The van der Waals surface area contributed by atoms with Gasteiger partial charge in [-0.25, -0.2) is 14.3 Å². The maximum atomic E-state index is 13.1. The van der Waals surface area contributed by atoms with Crippen LogP contribution in [0.25, 0.3) is 11.2 Å². The molecule has 0 radical (unpaired) electrons. The van der Waals surface area contributed by atoms with Gasteiger partial charge in [0.05, 0.1) is 6.61 Å². The molecule has 0 saturated carbocycles. The predicted octanol–water partition coefficient (Wildman–Crippen LogP) is 3.92. The van der Waals surface area contributed by atoms with Crippen molar-refractivity contribution in [2.24, 2.45) is 0 Å². The lowest BCUT2D eigenvalue weighted by atomic mass is 9.86. The van der Waals surface area contributed by atoms with Crippen molar-refractivity contribution in [1.29, 1.82) is 0 Å². The molecule has 0 aliphatic carbocycles. The summed E-state index contributed by atoms with van der Waals surface area (Å²) in [6.45, 7) is 6.08. The number of carbonyl (C=O) groups excluding carboxylic acids is 2. The number of benzene rings is 1. The van der Waals surface area contributed by atoms with E-state index in [1.165, 1.54) is 12.8 Å². The molecule has 3 aromatic rings. The molecule has 0 atom stereocenters. The van der Waals surface area contributed by atoms with Gasteiger partial charge < -0.3 is 19.9 Å². The average Bonchev–Trinajstić information content (AvgIpc) is 3.60. The molecule has 0 bridgehead atoms. The first-order chi connectivity index (χ1) is 19.0. The molecule has 39 heavy (non-hydrogen) atoms. The predicted molar refractivity (Wildman–Crippen MR) is 149 cm³/mol. The molecule has 0 unspecified atom stereocenters. The number of carbonyl (C=O) groups is 2. The lowest BCUT2D eigenvalue weighted by molar-refractivity contribution is 0.0657. The van der Waals surface area contributed by atoms with Crippen molar-refractivity contribution in [3.8, 4) is 0 Å². The minimum Gasteiger partial charge on any atom is -0.450 e. The van der Waals surface area contributed by atoms with Gasteiger partial charge in [0.25, 0.3) is 5.91 Å². The van der Waals surface area contributed by atoms with E-state index in [0.29, 0.717) is 26.1 Å². The highest BCUT2D eigenvalue weighted by molar-refractivity contribution is 5.94. The number of fused-ring (bicyclic) bond motifs is 1. The first-order valence-corrected chi connectivity index (χ1v) is 14.1. The van der Waals surface area contributed by atoms with Crippen LogP contribution in [0.3, 0.4) is 0 Å². The van der Waals surface area contributed by atoms with Gasteiger partial charge >= 0.3 is 6.09 Å². The van der Waals surface area contributed by atoms with Crippen LogP contribution in [-0.4, -0.2) is 81.3 Å². The highest BCUT2D eigenvalue weighted by Gasteiger charge is 2.37. The summed E-state index contributed by atoms with van der Waals surface area (Å²) >= 11 is 0. The zero-order chi connectivity index (χ0) is 26.8. The number of amides is 2. The summed E-state index contributed by atoms with van der Waals surface area (Å²) in [5.74, 6) is 0.851. The largest absolute Gasteiger partial charge is 0.450 e. The number of rotatable bonds is 5. The zero-order valence-corrected chi connectivity index (χ0v) is 22.6. The summed E-state index contributed by atoms with van der Waals surface area (Å²) in [6.07, 6.45) is 9.60. The second kappa shape index (κ2) is 10.8. The number of aromatic nitrogens is 3. The fourth-order valence-electron chi connectivity index (χ4n) is 6.13. The van der Waals surface area contributed by atoms with E-state index in [-0.39, 0.29) is 17.5 Å². The molecule has 5 heterocycles. The van der Waals surface area contributed by atoms with Crippen molar-refractivity contribution in [3.63, 3.8) is 0 Å². The standard InChI is InChI=1S/C30H36N6O3/c1-2-39-29(38)35-17-10-23(11-18-35)25-5-3-16-36-27(25)32-26(33-36)21-22-6-8-24(9-7-22)28(37)34-19-13-30(14-20-34)12-4-15-31-30/h3,5-10,16,31H,2,4,11-15,17-21H2,1H3. The Labute approximate surface area is 228 Å². The molecule has 2 saturated heterocycles. The van der Waals surface area contributed by atoms with Crippen LogP contribution in [0.15, 0.2) is 48.7 Å². The highest BCUT2D eigenvalue weighted by atomic mass is 16.6. The van der Waals surface area contributed by atoms with Crippen LogP contribution in [0.5, 0.6) is 0 Å². The van der Waals surface area contributed by atoms with Crippen LogP contribution >= 0.6 is 0 Å². The number of nitrogens with one attached hydrogen (secondary N) is 1. The summed E-state index contributed by atoms with van der Waals surface area (Å²) in [7, 11) is 0. The molecule has 1 aromatic carbocycles. The Hall–Kier alpha value is -3.72. The van der Waals surface area contributed by atoms with Gasteiger partial charge in [0, 0.05) is 55.5 Å². The zero-order valence-electron chi connectivity index (χ0n) is 22.6. The molecular formula is C30H36N6O3. The molecule has 2 aromatic heterocycles. The Morgan fingerprint density at radius 3 is 2.56 bits per heavy atom. The first-order valence-electron chi connectivity index (χ1n) is 14.1. The van der Waals surface area contributed by atoms with Crippen molar-refractivity contribution >= 4 is 23.2 Å². The van der Waals surface area contributed by atoms with Crippen LogP contribution in [-0.2, 0) is 11.2 Å². The highest BCUT2D eigenvalue weighted by Crippen LogP contribution is 2.31. The molecule has 6 rings (SSSR count). The first kappa shape index (κ1) is 25.6. The lowest BCUT2D eigenvalue weighted by Gasteiger charge is -2.39. The topological polar surface area (TPSA) is 92.1 Å². The monoisotopic (exact) mass is 528 g/mol. The van der Waals surface area contributed by atoms with E-state index in [1.54, 1.807) is 4.90 Å². The summed E-state index contributed by atoms with van der Waals surface area (Å²) in [5, 5.41) is 8.38. The van der Waals surface area contributed by atoms with Gasteiger partial charge in [0.2, 0.25) is 0 Å². The molecular weight excluding hydrogens is 492 g/mol. The number of nitrogens with zero attached hydrogens (tertiary/aromatic N) is 5. The molecule has 9 nitrogen and oxygen atoms in total. The SMILES string of the molecule is CCOC(=O)N1CC=C(c2cccn3nc(Cc4ccc(C(=O)N5CCC6(CCCN6)CC5)cc4)nc23)CC1. The van der Waals surface area contributed by atoms with Gasteiger partial charge in [-0.15, -0.1) is 0 Å². The normalized spacial score (nSPS) is 18.9. The summed E-state index contributed by atoms with van der Waals surface area (Å²) in [4.78, 5) is 33.7. The Bertz CT molecular complexity index is 1380. The van der Waals surface area contributed by atoms with E-state index >= 15 is 0 Å².